The number of amides is 1. The van der Waals surface area contributed by atoms with Crippen LogP contribution in [0.2, 0.25) is 0 Å². The minimum absolute atomic E-state index is 0.0298. The van der Waals surface area contributed by atoms with Crippen molar-refractivity contribution in [3.63, 3.8) is 0 Å². The molecule has 114 valence electrons. The van der Waals surface area contributed by atoms with E-state index in [0.29, 0.717) is 12.4 Å². The molecule has 0 aliphatic heterocycles. The minimum Gasteiger partial charge on any atom is -0.492 e. The Morgan fingerprint density at radius 2 is 2.10 bits per heavy atom. The summed E-state index contributed by atoms with van der Waals surface area (Å²) >= 11 is 0. The zero-order valence-corrected chi connectivity index (χ0v) is 13.1. The van der Waals surface area contributed by atoms with Gasteiger partial charge in [0.1, 0.15) is 11.3 Å². The lowest BCUT2D eigenvalue weighted by Gasteiger charge is -2.27. The SMILES string of the molecule is CCOc1ccccc1NCC(=O)NC(C)(C#N)C(C)C. The monoisotopic (exact) mass is 289 g/mol. The fourth-order valence-corrected chi connectivity index (χ4v) is 1.70. The Morgan fingerprint density at radius 3 is 2.67 bits per heavy atom. The molecule has 1 unspecified atom stereocenters. The summed E-state index contributed by atoms with van der Waals surface area (Å²) < 4.78 is 5.48. The molecule has 0 saturated heterocycles. The number of carbonyl (C=O) groups excluding carboxylic acids is 1. The lowest BCUT2D eigenvalue weighted by Crippen LogP contribution is -2.50. The van der Waals surface area contributed by atoms with E-state index in [4.69, 9.17) is 4.74 Å². The Kier molecular flexibility index (Phi) is 6.04. The molecule has 1 aromatic carbocycles. The highest BCUT2D eigenvalue weighted by atomic mass is 16.5. The normalized spacial score (nSPS) is 13.1. The second-order valence-corrected chi connectivity index (χ2v) is 5.30. The topological polar surface area (TPSA) is 74.2 Å². The lowest BCUT2D eigenvalue weighted by molar-refractivity contribution is -0.121. The van der Waals surface area contributed by atoms with E-state index in [2.05, 4.69) is 16.7 Å². The number of rotatable bonds is 7. The predicted octanol–water partition coefficient (Wildman–Crippen LogP) is 2.55. The van der Waals surface area contributed by atoms with Crippen molar-refractivity contribution in [2.75, 3.05) is 18.5 Å². The third kappa shape index (κ3) is 4.67. The van der Waals surface area contributed by atoms with Crippen LogP contribution in [0, 0.1) is 17.2 Å². The Hall–Kier alpha value is -2.22. The molecule has 0 aliphatic carbocycles. The zero-order chi connectivity index (χ0) is 15.9. The second-order valence-electron chi connectivity index (χ2n) is 5.30. The maximum atomic E-state index is 12.0. The summed E-state index contributed by atoms with van der Waals surface area (Å²) in [5.41, 5.74) is -0.101. The highest BCUT2D eigenvalue weighted by molar-refractivity contribution is 5.82. The summed E-state index contributed by atoms with van der Waals surface area (Å²) in [6, 6.07) is 9.60. The second kappa shape index (κ2) is 7.53. The number of para-hydroxylation sites is 2. The summed E-state index contributed by atoms with van der Waals surface area (Å²) in [7, 11) is 0. The summed E-state index contributed by atoms with van der Waals surface area (Å²) in [5.74, 6) is 0.515. The number of anilines is 1. The van der Waals surface area contributed by atoms with Crippen LogP contribution in [-0.4, -0.2) is 24.6 Å². The number of nitriles is 1. The van der Waals surface area contributed by atoms with Gasteiger partial charge in [-0.3, -0.25) is 4.79 Å². The van der Waals surface area contributed by atoms with Gasteiger partial charge in [-0.05, 0) is 31.9 Å². The molecule has 0 saturated carbocycles. The van der Waals surface area contributed by atoms with Crippen LogP contribution in [0.5, 0.6) is 5.75 Å². The molecular formula is C16H23N3O2. The molecule has 0 aromatic heterocycles. The molecular weight excluding hydrogens is 266 g/mol. The predicted molar refractivity (Wildman–Crippen MR) is 83.1 cm³/mol. The van der Waals surface area contributed by atoms with Crippen LogP contribution in [0.25, 0.3) is 0 Å². The van der Waals surface area contributed by atoms with Crippen molar-refractivity contribution >= 4 is 11.6 Å². The summed E-state index contributed by atoms with van der Waals surface area (Å²) in [5, 5.41) is 15.0. The van der Waals surface area contributed by atoms with Gasteiger partial charge < -0.3 is 15.4 Å². The van der Waals surface area contributed by atoms with Gasteiger partial charge in [-0.1, -0.05) is 26.0 Å². The van der Waals surface area contributed by atoms with Crippen molar-refractivity contribution in [2.45, 2.75) is 33.2 Å². The number of nitrogens with one attached hydrogen (secondary N) is 2. The first-order chi connectivity index (χ1) is 9.92. The van der Waals surface area contributed by atoms with Crippen molar-refractivity contribution in [3.05, 3.63) is 24.3 Å². The fourth-order valence-electron chi connectivity index (χ4n) is 1.70. The number of hydrogen-bond donors (Lipinski definition) is 2. The number of hydrogen-bond acceptors (Lipinski definition) is 4. The van der Waals surface area contributed by atoms with Crippen LogP contribution < -0.4 is 15.4 Å². The van der Waals surface area contributed by atoms with E-state index >= 15 is 0 Å². The van der Waals surface area contributed by atoms with Crippen molar-refractivity contribution < 1.29 is 9.53 Å². The van der Waals surface area contributed by atoms with Gasteiger partial charge in [0.2, 0.25) is 5.91 Å². The van der Waals surface area contributed by atoms with Crippen molar-refractivity contribution in [2.24, 2.45) is 5.92 Å². The van der Waals surface area contributed by atoms with E-state index in [1.807, 2.05) is 45.0 Å². The molecule has 1 rings (SSSR count). The number of ether oxygens (including phenoxy) is 1. The molecule has 1 atom stereocenters. The maximum Gasteiger partial charge on any atom is 0.240 e. The van der Waals surface area contributed by atoms with Gasteiger partial charge in [0.25, 0.3) is 0 Å². The molecule has 1 amide bonds. The molecule has 5 nitrogen and oxygen atoms in total. The first kappa shape index (κ1) is 16.8. The summed E-state index contributed by atoms with van der Waals surface area (Å²) in [6.07, 6.45) is 0. The average molecular weight is 289 g/mol. The zero-order valence-electron chi connectivity index (χ0n) is 13.1. The highest BCUT2D eigenvalue weighted by Gasteiger charge is 2.29. The molecule has 0 spiro atoms. The average Bonchev–Trinajstić information content (AvgIpc) is 2.46. The van der Waals surface area contributed by atoms with Crippen LogP contribution in [-0.2, 0) is 4.79 Å². The molecule has 0 fully saturated rings. The van der Waals surface area contributed by atoms with E-state index in [1.54, 1.807) is 6.92 Å². The summed E-state index contributed by atoms with van der Waals surface area (Å²) in [6.45, 7) is 8.09. The van der Waals surface area contributed by atoms with E-state index in [0.717, 1.165) is 5.69 Å². The van der Waals surface area contributed by atoms with Gasteiger partial charge in [0, 0.05) is 0 Å². The molecule has 5 heteroatoms. The molecule has 0 radical (unpaired) electrons. The summed E-state index contributed by atoms with van der Waals surface area (Å²) in [4.78, 5) is 12.0. The lowest BCUT2D eigenvalue weighted by atomic mass is 9.90. The Bertz CT molecular complexity index is 522. The Morgan fingerprint density at radius 1 is 1.43 bits per heavy atom. The van der Waals surface area contributed by atoms with E-state index in [-0.39, 0.29) is 18.4 Å². The molecule has 0 aliphatic rings. The number of benzene rings is 1. The van der Waals surface area contributed by atoms with Gasteiger partial charge in [-0.15, -0.1) is 0 Å². The largest absolute Gasteiger partial charge is 0.492 e. The van der Waals surface area contributed by atoms with Crippen LogP contribution in [0.3, 0.4) is 0 Å². The van der Waals surface area contributed by atoms with Gasteiger partial charge in [-0.25, -0.2) is 0 Å². The molecule has 21 heavy (non-hydrogen) atoms. The van der Waals surface area contributed by atoms with Crippen LogP contribution in [0.1, 0.15) is 27.7 Å². The smallest absolute Gasteiger partial charge is 0.240 e. The molecule has 2 N–H and O–H groups in total. The van der Waals surface area contributed by atoms with E-state index < -0.39 is 5.54 Å². The number of carbonyl (C=O) groups is 1. The minimum atomic E-state index is -0.863. The molecule has 1 aromatic rings. The first-order valence-electron chi connectivity index (χ1n) is 7.11. The van der Waals surface area contributed by atoms with Crippen LogP contribution in [0.4, 0.5) is 5.69 Å². The molecule has 0 heterocycles. The Labute approximate surface area is 126 Å². The standard InChI is InChI=1S/C16H23N3O2/c1-5-21-14-9-7-6-8-13(14)18-10-15(20)19-16(4,11-17)12(2)3/h6-9,12,18H,5,10H2,1-4H3,(H,19,20). The first-order valence-corrected chi connectivity index (χ1v) is 7.11. The maximum absolute atomic E-state index is 12.0. The van der Waals surface area contributed by atoms with Crippen molar-refractivity contribution in [1.29, 1.82) is 5.26 Å². The molecule has 0 bridgehead atoms. The Balaban J connectivity index is 2.64. The van der Waals surface area contributed by atoms with Crippen LogP contribution >= 0.6 is 0 Å². The van der Waals surface area contributed by atoms with Crippen molar-refractivity contribution in [3.8, 4) is 11.8 Å². The van der Waals surface area contributed by atoms with Gasteiger partial charge in [0.15, 0.2) is 0 Å². The van der Waals surface area contributed by atoms with E-state index in [1.165, 1.54) is 0 Å². The fraction of sp³-hybridized carbons (Fsp3) is 0.500. The van der Waals surface area contributed by atoms with Gasteiger partial charge in [-0.2, -0.15) is 5.26 Å². The van der Waals surface area contributed by atoms with Gasteiger partial charge in [0.05, 0.1) is 24.9 Å². The highest BCUT2D eigenvalue weighted by Crippen LogP contribution is 2.23. The van der Waals surface area contributed by atoms with Gasteiger partial charge >= 0.3 is 0 Å². The third-order valence-electron chi connectivity index (χ3n) is 3.41. The quantitative estimate of drug-likeness (QED) is 0.809. The van der Waals surface area contributed by atoms with Crippen LogP contribution in [0.15, 0.2) is 24.3 Å². The van der Waals surface area contributed by atoms with Crippen molar-refractivity contribution in [1.82, 2.24) is 5.32 Å². The van der Waals surface area contributed by atoms with E-state index in [9.17, 15) is 10.1 Å². The number of nitrogens with zero attached hydrogens (tertiary/aromatic N) is 1. The third-order valence-corrected chi connectivity index (χ3v) is 3.41.